The summed E-state index contributed by atoms with van der Waals surface area (Å²) >= 11 is 1.47. The van der Waals surface area contributed by atoms with Gasteiger partial charge in [-0.05, 0) is 11.4 Å². The molecule has 2 aromatic heterocycles. The molecule has 17 heavy (non-hydrogen) atoms. The van der Waals surface area contributed by atoms with Crippen LogP contribution in [0.25, 0.3) is 10.6 Å². The SMILES string of the molecule is COC(=O)c1cnc(NN)nc1-c1cccs1. The average molecular weight is 250 g/mol. The standard InChI is InChI=1S/C10H10N4O2S/c1-16-9(15)6-5-12-10(14-11)13-8(6)7-3-2-4-17-7/h2-5H,11H2,1H3,(H,12,13,14). The van der Waals surface area contributed by atoms with Crippen molar-refractivity contribution in [3.05, 3.63) is 29.3 Å². The molecule has 0 atom stereocenters. The van der Waals surface area contributed by atoms with Gasteiger partial charge in [-0.25, -0.2) is 20.6 Å². The predicted molar refractivity (Wildman–Crippen MR) is 64.5 cm³/mol. The van der Waals surface area contributed by atoms with E-state index in [1.54, 1.807) is 0 Å². The molecule has 0 radical (unpaired) electrons. The van der Waals surface area contributed by atoms with Crippen LogP contribution in [0, 0.1) is 0 Å². The molecular formula is C10H10N4O2S. The van der Waals surface area contributed by atoms with E-state index in [1.807, 2.05) is 17.5 Å². The third-order valence-corrected chi connectivity index (χ3v) is 2.95. The number of ether oxygens (including phenoxy) is 1. The van der Waals surface area contributed by atoms with Crippen molar-refractivity contribution in [2.45, 2.75) is 0 Å². The van der Waals surface area contributed by atoms with E-state index in [-0.39, 0.29) is 5.95 Å². The molecule has 0 aliphatic rings. The number of thiophene rings is 1. The largest absolute Gasteiger partial charge is 0.465 e. The van der Waals surface area contributed by atoms with Crippen LogP contribution in [0.3, 0.4) is 0 Å². The number of anilines is 1. The van der Waals surface area contributed by atoms with Crippen LogP contribution in [-0.2, 0) is 4.74 Å². The first-order valence-corrected chi connectivity index (χ1v) is 5.60. The van der Waals surface area contributed by atoms with E-state index >= 15 is 0 Å². The number of esters is 1. The van der Waals surface area contributed by atoms with Crippen LogP contribution in [0.1, 0.15) is 10.4 Å². The van der Waals surface area contributed by atoms with Crippen molar-refractivity contribution in [1.82, 2.24) is 9.97 Å². The Morgan fingerprint density at radius 2 is 2.41 bits per heavy atom. The minimum Gasteiger partial charge on any atom is -0.465 e. The van der Waals surface area contributed by atoms with Crippen molar-refractivity contribution >= 4 is 23.3 Å². The number of hydrogen-bond acceptors (Lipinski definition) is 7. The Bertz CT molecular complexity index is 527. The maximum absolute atomic E-state index is 11.6. The van der Waals surface area contributed by atoms with Gasteiger partial charge in [-0.3, -0.25) is 5.43 Å². The lowest BCUT2D eigenvalue weighted by Crippen LogP contribution is -2.13. The zero-order chi connectivity index (χ0) is 12.3. The number of nitrogens with one attached hydrogen (secondary N) is 1. The van der Waals surface area contributed by atoms with Crippen LogP contribution in [0.5, 0.6) is 0 Å². The molecule has 0 unspecified atom stereocenters. The molecule has 3 N–H and O–H groups in total. The first-order valence-electron chi connectivity index (χ1n) is 4.72. The van der Waals surface area contributed by atoms with E-state index in [0.717, 1.165) is 4.88 Å². The van der Waals surface area contributed by atoms with Crippen molar-refractivity contribution in [2.75, 3.05) is 12.5 Å². The molecule has 0 spiro atoms. The summed E-state index contributed by atoms with van der Waals surface area (Å²) in [5.41, 5.74) is 3.17. The van der Waals surface area contributed by atoms with Gasteiger partial charge >= 0.3 is 5.97 Å². The Balaban J connectivity index is 2.56. The topological polar surface area (TPSA) is 90.1 Å². The maximum atomic E-state index is 11.6. The van der Waals surface area contributed by atoms with Gasteiger partial charge in [0.1, 0.15) is 11.3 Å². The summed E-state index contributed by atoms with van der Waals surface area (Å²) in [6.45, 7) is 0. The summed E-state index contributed by atoms with van der Waals surface area (Å²) in [5, 5.41) is 1.90. The molecule has 0 saturated carbocycles. The van der Waals surface area contributed by atoms with Crippen LogP contribution in [0.4, 0.5) is 5.95 Å². The fourth-order valence-corrected chi connectivity index (χ4v) is 2.04. The number of hydrogen-bond donors (Lipinski definition) is 2. The van der Waals surface area contributed by atoms with Crippen LogP contribution in [-0.4, -0.2) is 23.0 Å². The molecule has 0 aliphatic carbocycles. The third-order valence-electron chi connectivity index (χ3n) is 2.08. The molecule has 7 heteroatoms. The van der Waals surface area contributed by atoms with Gasteiger partial charge in [-0.15, -0.1) is 11.3 Å². The van der Waals surface area contributed by atoms with E-state index in [1.165, 1.54) is 24.6 Å². The summed E-state index contributed by atoms with van der Waals surface area (Å²) in [6.07, 6.45) is 1.39. The number of nitrogens with zero attached hydrogens (tertiary/aromatic N) is 2. The van der Waals surface area contributed by atoms with E-state index in [4.69, 9.17) is 5.84 Å². The lowest BCUT2D eigenvalue weighted by molar-refractivity contribution is 0.0601. The smallest absolute Gasteiger partial charge is 0.341 e. The van der Waals surface area contributed by atoms with E-state index in [9.17, 15) is 4.79 Å². The maximum Gasteiger partial charge on any atom is 0.341 e. The Morgan fingerprint density at radius 1 is 1.59 bits per heavy atom. The monoisotopic (exact) mass is 250 g/mol. The van der Waals surface area contributed by atoms with Gasteiger partial charge in [0, 0.05) is 6.20 Å². The van der Waals surface area contributed by atoms with E-state index < -0.39 is 5.97 Å². The fraction of sp³-hybridized carbons (Fsp3) is 0.100. The van der Waals surface area contributed by atoms with Gasteiger partial charge in [-0.1, -0.05) is 6.07 Å². The summed E-state index contributed by atoms with van der Waals surface area (Å²) in [5.74, 6) is 5.02. The molecule has 0 aliphatic heterocycles. The Labute approximate surface area is 101 Å². The molecule has 2 rings (SSSR count). The summed E-state index contributed by atoms with van der Waals surface area (Å²) in [4.78, 5) is 20.5. The van der Waals surface area contributed by atoms with Crippen LogP contribution < -0.4 is 11.3 Å². The molecule has 0 saturated heterocycles. The Hall–Kier alpha value is -1.99. The molecule has 0 aromatic carbocycles. The second-order valence-electron chi connectivity index (χ2n) is 3.07. The van der Waals surface area contributed by atoms with Crippen molar-refractivity contribution in [3.63, 3.8) is 0 Å². The third kappa shape index (κ3) is 2.24. The van der Waals surface area contributed by atoms with Crippen molar-refractivity contribution < 1.29 is 9.53 Å². The van der Waals surface area contributed by atoms with Crippen molar-refractivity contribution in [2.24, 2.45) is 5.84 Å². The van der Waals surface area contributed by atoms with Gasteiger partial charge in [0.05, 0.1) is 12.0 Å². The molecule has 0 amide bonds. The molecule has 88 valence electrons. The normalized spacial score (nSPS) is 10.0. The van der Waals surface area contributed by atoms with E-state index in [2.05, 4.69) is 20.1 Å². The first kappa shape index (κ1) is 11.5. The van der Waals surface area contributed by atoms with Gasteiger partial charge in [0.2, 0.25) is 5.95 Å². The quantitative estimate of drug-likeness (QED) is 0.484. The number of rotatable bonds is 3. The molecule has 2 heterocycles. The highest BCUT2D eigenvalue weighted by molar-refractivity contribution is 7.13. The zero-order valence-corrected chi connectivity index (χ0v) is 9.82. The van der Waals surface area contributed by atoms with E-state index in [0.29, 0.717) is 11.3 Å². The lowest BCUT2D eigenvalue weighted by Gasteiger charge is -2.06. The number of carbonyl (C=O) groups is 1. The molecule has 0 fully saturated rings. The first-order chi connectivity index (χ1) is 8.26. The minimum absolute atomic E-state index is 0.251. The predicted octanol–water partition coefficient (Wildman–Crippen LogP) is 1.28. The number of carbonyl (C=O) groups excluding carboxylic acids is 1. The second kappa shape index (κ2) is 4.89. The molecule has 2 aromatic rings. The minimum atomic E-state index is -0.475. The molecule has 6 nitrogen and oxygen atoms in total. The van der Waals surface area contributed by atoms with Crippen LogP contribution in [0.2, 0.25) is 0 Å². The average Bonchev–Trinajstić information content (AvgIpc) is 2.91. The highest BCUT2D eigenvalue weighted by Crippen LogP contribution is 2.26. The lowest BCUT2D eigenvalue weighted by atomic mass is 10.2. The Morgan fingerprint density at radius 3 is 3.00 bits per heavy atom. The number of methoxy groups -OCH3 is 1. The number of nitrogens with two attached hydrogens (primary N) is 1. The number of hydrazine groups is 1. The highest BCUT2D eigenvalue weighted by atomic mass is 32.1. The fourth-order valence-electron chi connectivity index (χ4n) is 1.31. The highest BCUT2D eigenvalue weighted by Gasteiger charge is 2.17. The summed E-state index contributed by atoms with van der Waals surface area (Å²) in [7, 11) is 1.32. The van der Waals surface area contributed by atoms with Gasteiger partial charge in [0.15, 0.2) is 0 Å². The van der Waals surface area contributed by atoms with Crippen LogP contribution >= 0.6 is 11.3 Å². The number of nitrogen functional groups attached to an aromatic ring is 1. The van der Waals surface area contributed by atoms with Crippen LogP contribution in [0.15, 0.2) is 23.7 Å². The summed E-state index contributed by atoms with van der Waals surface area (Å²) in [6, 6.07) is 3.73. The van der Waals surface area contributed by atoms with Crippen molar-refractivity contribution in [3.8, 4) is 10.6 Å². The zero-order valence-electron chi connectivity index (χ0n) is 9.01. The number of aromatic nitrogens is 2. The van der Waals surface area contributed by atoms with Crippen molar-refractivity contribution in [1.29, 1.82) is 0 Å². The summed E-state index contributed by atoms with van der Waals surface area (Å²) < 4.78 is 4.68. The van der Waals surface area contributed by atoms with Gasteiger partial charge < -0.3 is 4.74 Å². The Kier molecular flexibility index (Phi) is 3.31. The van der Waals surface area contributed by atoms with Gasteiger partial charge in [0.25, 0.3) is 0 Å². The molecular weight excluding hydrogens is 240 g/mol. The van der Waals surface area contributed by atoms with Gasteiger partial charge in [-0.2, -0.15) is 0 Å². The molecule has 0 bridgehead atoms. The second-order valence-corrected chi connectivity index (χ2v) is 4.02.